The maximum Gasteiger partial charge on any atom is 0.436 e. The quantitative estimate of drug-likeness (QED) is 0.314. The molecule has 1 aromatic heterocycles. The normalized spacial score (nSPS) is 17.1. The summed E-state index contributed by atoms with van der Waals surface area (Å²) >= 11 is 0. The van der Waals surface area contributed by atoms with Crippen LogP contribution in [0.1, 0.15) is 44.1 Å². The molecule has 0 fully saturated rings. The first-order valence-corrected chi connectivity index (χ1v) is 11.4. The maximum absolute atomic E-state index is 13.4. The fourth-order valence-corrected chi connectivity index (χ4v) is 3.98. The molecule has 3 amide bonds. The van der Waals surface area contributed by atoms with E-state index in [2.05, 4.69) is 15.3 Å². The lowest BCUT2D eigenvalue weighted by atomic mass is 9.96. The first kappa shape index (κ1) is 27.3. The van der Waals surface area contributed by atoms with Crippen molar-refractivity contribution in [3.05, 3.63) is 57.8 Å². The fourth-order valence-electron chi connectivity index (χ4n) is 3.98. The van der Waals surface area contributed by atoms with Gasteiger partial charge in [0.25, 0.3) is 5.56 Å². The van der Waals surface area contributed by atoms with Crippen molar-refractivity contribution in [2.45, 2.75) is 51.3 Å². The van der Waals surface area contributed by atoms with Crippen molar-refractivity contribution >= 4 is 29.6 Å². The van der Waals surface area contributed by atoms with Gasteiger partial charge in [0, 0.05) is 25.6 Å². The maximum atomic E-state index is 13.4. The molecule has 0 saturated carbocycles. The van der Waals surface area contributed by atoms with E-state index in [4.69, 9.17) is 20.3 Å². The van der Waals surface area contributed by atoms with Crippen LogP contribution in [-0.4, -0.2) is 57.9 Å². The first-order chi connectivity index (χ1) is 17.4. The number of aliphatic imine (C=N–C) groups is 1. The topological polar surface area (TPSA) is 187 Å². The lowest BCUT2D eigenvalue weighted by molar-refractivity contribution is -0.132. The van der Waals surface area contributed by atoms with Gasteiger partial charge in [-0.1, -0.05) is 24.3 Å². The van der Waals surface area contributed by atoms with E-state index >= 15 is 0 Å². The largest absolute Gasteiger partial charge is 0.465 e. The van der Waals surface area contributed by atoms with Gasteiger partial charge >= 0.3 is 12.2 Å². The summed E-state index contributed by atoms with van der Waals surface area (Å²) in [6.45, 7) is 5.18. The number of ether oxygens (including phenoxy) is 2. The molecule has 3 rings (SSSR count). The van der Waals surface area contributed by atoms with Gasteiger partial charge in [-0.3, -0.25) is 19.5 Å². The minimum absolute atomic E-state index is 0.0101. The van der Waals surface area contributed by atoms with Crippen LogP contribution in [0.4, 0.5) is 15.3 Å². The highest BCUT2D eigenvalue weighted by atomic mass is 16.6. The molecule has 0 bridgehead atoms. The molecule has 5 N–H and O–H groups in total. The molecular formula is C24H30N6O7. The van der Waals surface area contributed by atoms with Gasteiger partial charge in [-0.25, -0.2) is 14.6 Å². The highest BCUT2D eigenvalue weighted by Crippen LogP contribution is 2.31. The molecule has 1 atom stereocenters. The Morgan fingerprint density at radius 2 is 1.92 bits per heavy atom. The highest BCUT2D eigenvalue weighted by molar-refractivity contribution is 6.02. The van der Waals surface area contributed by atoms with Crippen LogP contribution >= 0.6 is 0 Å². The molecule has 1 aliphatic heterocycles. The standard InChI is InChI=1S/C24H30N6O7/c1-23(2,3)37-22(35)29-18(25)15-7-5-14(6-8-15)11-27-20(32)24(13-36-4)10-9-17-26-12-16(28-21(33)34)19(31)30(17)24/h5-8,12,28H,9-11,13H2,1-4H3,(H,27,32)(H,33,34)(H2,25,29,35). The number of aryl methyl sites for hydroxylation is 1. The number of aromatic nitrogens is 2. The molecule has 1 unspecified atom stereocenters. The molecule has 13 heteroatoms. The highest BCUT2D eigenvalue weighted by Gasteiger charge is 2.47. The van der Waals surface area contributed by atoms with Crippen LogP contribution in [0.15, 0.2) is 40.2 Å². The monoisotopic (exact) mass is 514 g/mol. The number of amides is 3. The second kappa shape index (κ2) is 10.8. The van der Waals surface area contributed by atoms with Gasteiger partial charge in [0.2, 0.25) is 5.91 Å². The van der Waals surface area contributed by atoms with Crippen LogP contribution in [-0.2, 0) is 32.8 Å². The van der Waals surface area contributed by atoms with Crippen molar-refractivity contribution in [1.82, 2.24) is 14.9 Å². The Kier molecular flexibility index (Phi) is 7.96. The van der Waals surface area contributed by atoms with Crippen LogP contribution in [0.3, 0.4) is 0 Å². The zero-order chi connectivity index (χ0) is 27.4. The van der Waals surface area contributed by atoms with E-state index in [1.165, 1.54) is 11.7 Å². The summed E-state index contributed by atoms with van der Waals surface area (Å²) in [5.41, 5.74) is 4.10. The Bertz CT molecular complexity index is 1280. The second-order valence-corrected chi connectivity index (χ2v) is 9.48. The van der Waals surface area contributed by atoms with Crippen molar-refractivity contribution in [2.24, 2.45) is 10.7 Å². The summed E-state index contributed by atoms with van der Waals surface area (Å²) < 4.78 is 11.6. The molecule has 37 heavy (non-hydrogen) atoms. The fraction of sp³-hybridized carbons (Fsp3) is 0.417. The third kappa shape index (κ3) is 6.30. The van der Waals surface area contributed by atoms with Gasteiger partial charge in [-0.05, 0) is 32.8 Å². The Morgan fingerprint density at radius 3 is 2.51 bits per heavy atom. The van der Waals surface area contributed by atoms with E-state index in [0.717, 1.165) is 11.8 Å². The smallest absolute Gasteiger partial charge is 0.436 e. The molecular weight excluding hydrogens is 484 g/mol. The number of hydrogen-bond acceptors (Lipinski definition) is 7. The Morgan fingerprint density at radius 1 is 1.24 bits per heavy atom. The van der Waals surface area contributed by atoms with Gasteiger partial charge in [-0.15, -0.1) is 0 Å². The molecule has 1 aliphatic rings. The van der Waals surface area contributed by atoms with Gasteiger partial charge in [0.05, 0.1) is 12.8 Å². The van der Waals surface area contributed by atoms with Crippen LogP contribution < -0.4 is 21.9 Å². The zero-order valence-electron chi connectivity index (χ0n) is 21.0. The number of nitrogens with zero attached hydrogens (tertiary/aromatic N) is 3. The number of carbonyl (C=O) groups excluding carboxylic acids is 2. The summed E-state index contributed by atoms with van der Waals surface area (Å²) in [5.74, 6) is -0.124. The lowest BCUT2D eigenvalue weighted by Crippen LogP contribution is -2.53. The van der Waals surface area contributed by atoms with Crippen molar-refractivity contribution in [3.63, 3.8) is 0 Å². The van der Waals surface area contributed by atoms with E-state index in [1.54, 1.807) is 45.0 Å². The van der Waals surface area contributed by atoms with Crippen molar-refractivity contribution in [3.8, 4) is 0 Å². The van der Waals surface area contributed by atoms with Crippen LogP contribution in [0.25, 0.3) is 0 Å². The number of carbonyl (C=O) groups is 3. The van der Waals surface area contributed by atoms with E-state index < -0.39 is 34.8 Å². The number of hydrogen-bond donors (Lipinski definition) is 4. The zero-order valence-corrected chi connectivity index (χ0v) is 21.0. The van der Waals surface area contributed by atoms with E-state index in [9.17, 15) is 19.2 Å². The molecule has 2 aromatic rings. The number of fused-ring (bicyclic) bond motifs is 1. The number of benzene rings is 1. The van der Waals surface area contributed by atoms with Gasteiger partial charge in [0.1, 0.15) is 22.9 Å². The van der Waals surface area contributed by atoms with Crippen LogP contribution in [0.2, 0.25) is 0 Å². The van der Waals surface area contributed by atoms with Crippen molar-refractivity contribution in [1.29, 1.82) is 0 Å². The number of methoxy groups -OCH3 is 1. The minimum atomic E-state index is -1.42. The summed E-state index contributed by atoms with van der Waals surface area (Å²) in [4.78, 5) is 57.2. The predicted octanol–water partition coefficient (Wildman–Crippen LogP) is 1.58. The van der Waals surface area contributed by atoms with Gasteiger partial charge in [-0.2, -0.15) is 4.99 Å². The number of amidine groups is 1. The number of anilines is 1. The second-order valence-electron chi connectivity index (χ2n) is 9.48. The van der Waals surface area contributed by atoms with Gasteiger partial charge < -0.3 is 25.6 Å². The summed E-state index contributed by atoms with van der Waals surface area (Å²) in [5, 5.41) is 13.8. The lowest BCUT2D eigenvalue weighted by Gasteiger charge is -2.29. The van der Waals surface area contributed by atoms with E-state index in [0.29, 0.717) is 17.8 Å². The number of carboxylic acid groups (broad SMARTS) is 1. The summed E-state index contributed by atoms with van der Waals surface area (Å²) in [6, 6.07) is 6.72. The molecule has 0 saturated heterocycles. The Balaban J connectivity index is 1.76. The number of rotatable bonds is 7. The van der Waals surface area contributed by atoms with Crippen LogP contribution in [0, 0.1) is 0 Å². The molecule has 1 aromatic carbocycles. The Hall–Kier alpha value is -4.26. The predicted molar refractivity (Wildman–Crippen MR) is 134 cm³/mol. The molecule has 0 radical (unpaired) electrons. The minimum Gasteiger partial charge on any atom is -0.465 e. The van der Waals surface area contributed by atoms with Crippen molar-refractivity contribution in [2.75, 3.05) is 19.0 Å². The van der Waals surface area contributed by atoms with E-state index in [1.807, 2.05) is 5.32 Å². The third-order valence-electron chi connectivity index (χ3n) is 5.58. The average molecular weight is 515 g/mol. The molecule has 198 valence electrons. The molecule has 13 nitrogen and oxygen atoms in total. The molecule has 0 aliphatic carbocycles. The molecule has 0 spiro atoms. The molecule has 2 heterocycles. The number of nitrogens with two attached hydrogens (primary N) is 1. The SMILES string of the molecule is COCC1(C(=O)NCc2ccc(/C(N)=N/C(=O)OC(C)(C)C)cc2)CCc2ncc(NC(=O)O)c(=O)n21. The van der Waals surface area contributed by atoms with E-state index in [-0.39, 0.29) is 31.1 Å². The average Bonchev–Trinajstić information content (AvgIpc) is 3.18. The van der Waals surface area contributed by atoms with Crippen molar-refractivity contribution < 1.29 is 29.0 Å². The van der Waals surface area contributed by atoms with Gasteiger partial charge in [0.15, 0.2) is 5.54 Å². The summed E-state index contributed by atoms with van der Waals surface area (Å²) in [6.07, 6.45) is -0.484. The first-order valence-electron chi connectivity index (χ1n) is 11.4. The van der Waals surface area contributed by atoms with Crippen LogP contribution in [0.5, 0.6) is 0 Å². The Labute approximate surface area is 212 Å². The number of nitrogens with one attached hydrogen (secondary N) is 2. The summed E-state index contributed by atoms with van der Waals surface area (Å²) in [7, 11) is 1.41. The third-order valence-corrected chi connectivity index (χ3v) is 5.58.